The number of non-ortho nitro benzene ring substituents is 1. The highest BCUT2D eigenvalue weighted by Crippen LogP contribution is 2.31. The first-order chi connectivity index (χ1) is 16.1. The number of hydrogen-bond donors (Lipinski definition) is 1. The van der Waals surface area contributed by atoms with E-state index in [1.54, 1.807) is 12.1 Å². The first-order valence-corrected chi connectivity index (χ1v) is 11.0. The van der Waals surface area contributed by atoms with Gasteiger partial charge in [-0.25, -0.2) is 4.99 Å². The van der Waals surface area contributed by atoms with Crippen molar-refractivity contribution in [1.29, 1.82) is 0 Å². The van der Waals surface area contributed by atoms with Gasteiger partial charge in [0.05, 0.1) is 15.5 Å². The summed E-state index contributed by atoms with van der Waals surface area (Å²) in [6, 6.07) is 24.3. The van der Waals surface area contributed by atoms with Crippen molar-refractivity contribution in [1.82, 2.24) is 9.88 Å². The van der Waals surface area contributed by atoms with Crippen LogP contribution in [0.4, 0.5) is 11.4 Å². The highest BCUT2D eigenvalue weighted by atomic mass is 32.2. The van der Waals surface area contributed by atoms with Crippen LogP contribution in [-0.4, -0.2) is 20.6 Å². The number of para-hydroxylation sites is 1. The second-order valence-electron chi connectivity index (χ2n) is 7.47. The van der Waals surface area contributed by atoms with Crippen LogP contribution in [0.25, 0.3) is 17.0 Å². The minimum absolute atomic E-state index is 0.0480. The van der Waals surface area contributed by atoms with E-state index >= 15 is 0 Å². The Balaban J connectivity index is 1.46. The van der Waals surface area contributed by atoms with Gasteiger partial charge in [-0.1, -0.05) is 54.6 Å². The van der Waals surface area contributed by atoms with Gasteiger partial charge in [0.15, 0.2) is 5.17 Å². The largest absolute Gasteiger partial charge is 0.342 e. The summed E-state index contributed by atoms with van der Waals surface area (Å²) in [7, 11) is 0. The molecule has 1 saturated heterocycles. The maximum absolute atomic E-state index is 12.6. The molecular weight excluding hydrogens is 436 g/mol. The fourth-order valence-electron chi connectivity index (χ4n) is 3.72. The molecule has 1 aliphatic rings. The minimum atomic E-state index is -0.472. The van der Waals surface area contributed by atoms with Gasteiger partial charge in [0.2, 0.25) is 0 Å². The van der Waals surface area contributed by atoms with Gasteiger partial charge in [0, 0.05) is 41.3 Å². The molecule has 1 fully saturated rings. The number of nitrogens with zero attached hydrogens (tertiary/aromatic N) is 3. The number of carbonyl (C=O) groups excluding carboxylic acids is 1. The molecule has 0 atom stereocenters. The average Bonchev–Trinajstić information content (AvgIpc) is 3.34. The van der Waals surface area contributed by atoms with E-state index in [9.17, 15) is 14.9 Å². The zero-order valence-electron chi connectivity index (χ0n) is 17.3. The van der Waals surface area contributed by atoms with E-state index in [4.69, 9.17) is 0 Å². The Morgan fingerprint density at radius 2 is 1.82 bits per heavy atom. The number of hydrogen-bond acceptors (Lipinski definition) is 5. The molecule has 2 heterocycles. The fraction of sp³-hybridized carbons (Fsp3) is 0.0400. The number of aromatic nitrogens is 1. The van der Waals surface area contributed by atoms with Crippen molar-refractivity contribution < 1.29 is 9.72 Å². The second-order valence-corrected chi connectivity index (χ2v) is 8.50. The number of nitrogens with one attached hydrogen (secondary N) is 1. The molecule has 5 rings (SSSR count). The van der Waals surface area contributed by atoms with E-state index in [0.29, 0.717) is 15.8 Å². The van der Waals surface area contributed by atoms with Crippen molar-refractivity contribution in [2.75, 3.05) is 0 Å². The van der Waals surface area contributed by atoms with Crippen LogP contribution < -0.4 is 5.32 Å². The molecule has 1 amide bonds. The number of aliphatic imine (C=N–C) groups is 1. The van der Waals surface area contributed by atoms with Crippen LogP contribution >= 0.6 is 11.8 Å². The van der Waals surface area contributed by atoms with E-state index in [0.717, 1.165) is 23.0 Å². The number of nitro groups is 1. The number of amidine groups is 1. The Bertz CT molecular complexity index is 1440. The van der Waals surface area contributed by atoms with Gasteiger partial charge in [0.1, 0.15) is 0 Å². The summed E-state index contributed by atoms with van der Waals surface area (Å²) in [5.41, 5.74) is 3.58. The molecular formula is C25H18N4O3S. The lowest BCUT2D eigenvalue weighted by Crippen LogP contribution is -2.19. The Kier molecular flexibility index (Phi) is 5.50. The summed E-state index contributed by atoms with van der Waals surface area (Å²) in [6.07, 6.45) is 3.91. The molecule has 1 aliphatic heterocycles. The molecule has 0 aliphatic carbocycles. The number of fused-ring (bicyclic) bond motifs is 1. The lowest BCUT2D eigenvalue weighted by atomic mass is 10.1. The predicted octanol–water partition coefficient (Wildman–Crippen LogP) is 5.49. The summed E-state index contributed by atoms with van der Waals surface area (Å²) in [5, 5.41) is 15.2. The van der Waals surface area contributed by atoms with E-state index in [2.05, 4.69) is 33.1 Å². The van der Waals surface area contributed by atoms with Crippen LogP contribution in [0.1, 0.15) is 11.1 Å². The van der Waals surface area contributed by atoms with Crippen LogP contribution in [0.5, 0.6) is 0 Å². The first kappa shape index (κ1) is 20.7. The molecule has 0 spiro atoms. The quantitative estimate of drug-likeness (QED) is 0.245. The van der Waals surface area contributed by atoms with Gasteiger partial charge in [0.25, 0.3) is 11.6 Å². The summed E-state index contributed by atoms with van der Waals surface area (Å²) in [6.45, 7) is 0.726. The summed E-state index contributed by atoms with van der Waals surface area (Å²) >= 11 is 1.22. The summed E-state index contributed by atoms with van der Waals surface area (Å²) in [5.74, 6) is -0.246. The van der Waals surface area contributed by atoms with Crippen LogP contribution in [0, 0.1) is 10.1 Å². The zero-order chi connectivity index (χ0) is 22.8. The van der Waals surface area contributed by atoms with Crippen LogP contribution in [-0.2, 0) is 11.3 Å². The number of benzene rings is 3. The van der Waals surface area contributed by atoms with Crippen molar-refractivity contribution in [2.45, 2.75) is 6.54 Å². The average molecular weight is 455 g/mol. The molecule has 0 saturated carbocycles. The number of carbonyl (C=O) groups is 1. The standard InChI is InChI=1S/C25H18N4O3S/c30-24-23(33-25(27-24)26-19-9-6-10-20(14-19)29(31)32)13-18-16-28(15-17-7-2-1-3-8-17)22-12-5-4-11-21(18)22/h1-14,16H,15H2,(H,26,27,30)/b23-13-. The lowest BCUT2D eigenvalue weighted by Gasteiger charge is -2.05. The normalized spacial score (nSPS) is 15.9. The smallest absolute Gasteiger partial charge is 0.271 e. The third-order valence-electron chi connectivity index (χ3n) is 5.22. The van der Waals surface area contributed by atoms with Gasteiger partial charge in [-0.15, -0.1) is 0 Å². The molecule has 1 N–H and O–H groups in total. The molecule has 1 aromatic heterocycles. The van der Waals surface area contributed by atoms with Crippen molar-refractivity contribution in [3.05, 3.63) is 111 Å². The van der Waals surface area contributed by atoms with Gasteiger partial charge >= 0.3 is 0 Å². The van der Waals surface area contributed by atoms with Gasteiger partial charge in [-0.3, -0.25) is 14.9 Å². The number of rotatable bonds is 5. The number of amides is 1. The summed E-state index contributed by atoms with van der Waals surface area (Å²) in [4.78, 5) is 28.0. The van der Waals surface area contributed by atoms with Gasteiger partial charge < -0.3 is 9.88 Å². The van der Waals surface area contributed by atoms with E-state index in [1.165, 1.54) is 29.5 Å². The molecule has 0 unspecified atom stereocenters. The van der Waals surface area contributed by atoms with E-state index in [1.807, 2.05) is 48.7 Å². The Labute approximate surface area is 193 Å². The summed E-state index contributed by atoms with van der Waals surface area (Å²) < 4.78 is 2.17. The predicted molar refractivity (Wildman–Crippen MR) is 131 cm³/mol. The molecule has 33 heavy (non-hydrogen) atoms. The zero-order valence-corrected chi connectivity index (χ0v) is 18.2. The fourth-order valence-corrected chi connectivity index (χ4v) is 4.55. The molecule has 8 heteroatoms. The monoisotopic (exact) mass is 454 g/mol. The van der Waals surface area contributed by atoms with Crippen molar-refractivity contribution in [3.63, 3.8) is 0 Å². The number of thioether (sulfide) groups is 1. The molecule has 4 aromatic rings. The number of nitro benzene ring substituents is 1. The lowest BCUT2D eigenvalue weighted by molar-refractivity contribution is -0.384. The third kappa shape index (κ3) is 4.42. The SMILES string of the molecule is O=C1NC(=Nc2cccc([N+](=O)[O-])c2)S/C1=C\c1cn(Cc2ccccc2)c2ccccc12. The molecule has 162 valence electrons. The van der Waals surface area contributed by atoms with Crippen LogP contribution in [0.3, 0.4) is 0 Å². The Morgan fingerprint density at radius 3 is 2.64 bits per heavy atom. The molecule has 0 radical (unpaired) electrons. The van der Waals surface area contributed by atoms with Gasteiger partial charge in [-0.2, -0.15) is 0 Å². The minimum Gasteiger partial charge on any atom is -0.342 e. The maximum Gasteiger partial charge on any atom is 0.271 e. The second kappa shape index (κ2) is 8.76. The third-order valence-corrected chi connectivity index (χ3v) is 6.13. The maximum atomic E-state index is 12.6. The van der Waals surface area contributed by atoms with Crippen LogP contribution in [0.15, 0.2) is 95.0 Å². The Morgan fingerprint density at radius 1 is 1.03 bits per heavy atom. The van der Waals surface area contributed by atoms with Crippen LogP contribution in [0.2, 0.25) is 0 Å². The highest BCUT2D eigenvalue weighted by molar-refractivity contribution is 8.18. The topological polar surface area (TPSA) is 89.5 Å². The van der Waals surface area contributed by atoms with Gasteiger partial charge in [-0.05, 0) is 35.5 Å². The van der Waals surface area contributed by atoms with Crippen molar-refractivity contribution in [3.8, 4) is 0 Å². The highest BCUT2D eigenvalue weighted by Gasteiger charge is 2.24. The molecule has 7 nitrogen and oxygen atoms in total. The van der Waals surface area contributed by atoms with Crippen molar-refractivity contribution in [2.24, 2.45) is 4.99 Å². The molecule has 0 bridgehead atoms. The molecule has 3 aromatic carbocycles. The van der Waals surface area contributed by atoms with E-state index < -0.39 is 4.92 Å². The van der Waals surface area contributed by atoms with E-state index in [-0.39, 0.29) is 11.6 Å². The Hall–Kier alpha value is -4.17. The first-order valence-electron chi connectivity index (χ1n) is 10.2. The van der Waals surface area contributed by atoms with Crippen molar-refractivity contribution >= 4 is 51.2 Å².